The summed E-state index contributed by atoms with van der Waals surface area (Å²) in [5.74, 6) is -1.34. The van der Waals surface area contributed by atoms with E-state index in [0.717, 1.165) is 16.7 Å². The highest BCUT2D eigenvalue weighted by Crippen LogP contribution is 2.12. The predicted molar refractivity (Wildman–Crippen MR) is 54.0 cm³/mol. The van der Waals surface area contributed by atoms with Crippen LogP contribution < -0.4 is 5.69 Å². The van der Waals surface area contributed by atoms with Crippen LogP contribution in [0.4, 0.5) is 8.78 Å². The van der Waals surface area contributed by atoms with E-state index < -0.39 is 17.3 Å². The first-order valence-corrected chi connectivity index (χ1v) is 4.63. The van der Waals surface area contributed by atoms with E-state index in [1.54, 1.807) is 0 Å². The molecule has 0 fully saturated rings. The van der Waals surface area contributed by atoms with Gasteiger partial charge in [-0.1, -0.05) is 6.07 Å². The van der Waals surface area contributed by atoms with Crippen molar-refractivity contribution in [2.75, 3.05) is 0 Å². The van der Waals surface area contributed by atoms with Gasteiger partial charge in [-0.15, -0.1) is 0 Å². The Hall–Kier alpha value is -2.04. The summed E-state index contributed by atoms with van der Waals surface area (Å²) in [5.41, 5.74) is -0.678. The van der Waals surface area contributed by atoms with E-state index in [0.29, 0.717) is 0 Å². The third-order valence-corrected chi connectivity index (χ3v) is 2.17. The number of halogens is 2. The molecule has 2 rings (SSSR count). The SMILES string of the molecule is O=c1ncccn1Cc1c(F)cccc1F. The molecule has 16 heavy (non-hydrogen) atoms. The number of rotatable bonds is 2. The van der Waals surface area contributed by atoms with Gasteiger partial charge in [-0.25, -0.2) is 18.6 Å². The molecule has 5 heteroatoms. The molecule has 0 aliphatic rings. The van der Waals surface area contributed by atoms with Crippen molar-refractivity contribution in [3.8, 4) is 0 Å². The summed E-state index contributed by atoms with van der Waals surface area (Å²) < 4.78 is 27.7. The summed E-state index contributed by atoms with van der Waals surface area (Å²) in [4.78, 5) is 14.8. The second-order valence-corrected chi connectivity index (χ2v) is 3.23. The van der Waals surface area contributed by atoms with Crippen LogP contribution in [0.2, 0.25) is 0 Å². The molecule has 0 amide bonds. The van der Waals surface area contributed by atoms with Gasteiger partial charge in [0.1, 0.15) is 11.6 Å². The quantitative estimate of drug-likeness (QED) is 0.773. The molecular weight excluding hydrogens is 214 g/mol. The lowest BCUT2D eigenvalue weighted by molar-refractivity contribution is 0.539. The van der Waals surface area contributed by atoms with Gasteiger partial charge in [0.25, 0.3) is 0 Å². The van der Waals surface area contributed by atoms with Gasteiger partial charge in [-0.2, -0.15) is 0 Å². The average molecular weight is 222 g/mol. The number of nitrogens with zero attached hydrogens (tertiary/aromatic N) is 2. The molecule has 1 heterocycles. The molecular formula is C11H8F2N2O. The van der Waals surface area contributed by atoms with Crippen molar-refractivity contribution >= 4 is 0 Å². The monoisotopic (exact) mass is 222 g/mol. The fourth-order valence-electron chi connectivity index (χ4n) is 1.36. The minimum Gasteiger partial charge on any atom is -0.295 e. The molecule has 0 aliphatic carbocycles. The highest BCUT2D eigenvalue weighted by atomic mass is 19.1. The van der Waals surface area contributed by atoms with E-state index in [9.17, 15) is 13.6 Å². The molecule has 0 radical (unpaired) electrons. The first-order valence-electron chi connectivity index (χ1n) is 4.63. The van der Waals surface area contributed by atoms with Crippen LogP contribution in [0.3, 0.4) is 0 Å². The fourth-order valence-corrected chi connectivity index (χ4v) is 1.36. The Labute approximate surface area is 90.0 Å². The van der Waals surface area contributed by atoms with Crippen LogP contribution in [0.1, 0.15) is 5.56 Å². The van der Waals surface area contributed by atoms with Crippen LogP contribution in [0.5, 0.6) is 0 Å². The minimum absolute atomic E-state index is 0.141. The van der Waals surface area contributed by atoms with Crippen molar-refractivity contribution in [1.82, 2.24) is 9.55 Å². The first-order chi connectivity index (χ1) is 7.68. The Balaban J connectivity index is 2.42. The van der Waals surface area contributed by atoms with Crippen molar-refractivity contribution in [3.05, 3.63) is 64.3 Å². The Morgan fingerprint density at radius 1 is 1.19 bits per heavy atom. The van der Waals surface area contributed by atoms with Crippen LogP contribution in [0.25, 0.3) is 0 Å². The minimum atomic E-state index is -0.671. The summed E-state index contributed by atoms with van der Waals surface area (Å²) in [5, 5.41) is 0. The van der Waals surface area contributed by atoms with E-state index in [2.05, 4.69) is 4.98 Å². The molecule has 0 atom stereocenters. The van der Waals surface area contributed by atoms with Crippen LogP contribution in [0.15, 0.2) is 41.5 Å². The molecule has 82 valence electrons. The largest absolute Gasteiger partial charge is 0.347 e. The molecule has 0 aliphatic heterocycles. The van der Waals surface area contributed by atoms with Crippen LogP contribution in [-0.2, 0) is 6.54 Å². The van der Waals surface area contributed by atoms with E-state index in [1.807, 2.05) is 0 Å². The van der Waals surface area contributed by atoms with E-state index in [1.165, 1.54) is 24.5 Å². The Morgan fingerprint density at radius 3 is 2.50 bits per heavy atom. The van der Waals surface area contributed by atoms with Gasteiger partial charge in [-0.05, 0) is 18.2 Å². The van der Waals surface area contributed by atoms with Gasteiger partial charge in [0.2, 0.25) is 0 Å². The van der Waals surface area contributed by atoms with Gasteiger partial charge in [0.05, 0.1) is 6.54 Å². The lowest BCUT2D eigenvalue weighted by Crippen LogP contribution is -2.22. The van der Waals surface area contributed by atoms with Crippen LogP contribution >= 0.6 is 0 Å². The summed E-state index contributed by atoms with van der Waals surface area (Å²) in [6.45, 7) is -0.162. The fraction of sp³-hybridized carbons (Fsp3) is 0.0909. The number of benzene rings is 1. The summed E-state index contributed by atoms with van der Waals surface area (Å²) in [6, 6.07) is 5.11. The van der Waals surface area contributed by atoms with Crippen molar-refractivity contribution < 1.29 is 8.78 Å². The number of hydrogen-bond acceptors (Lipinski definition) is 2. The van der Waals surface area contributed by atoms with Crippen LogP contribution in [0, 0.1) is 11.6 Å². The zero-order valence-corrected chi connectivity index (χ0v) is 8.23. The molecule has 1 aromatic carbocycles. The summed E-state index contributed by atoms with van der Waals surface area (Å²) in [7, 11) is 0. The second-order valence-electron chi connectivity index (χ2n) is 3.23. The first kappa shape index (κ1) is 10.5. The third-order valence-electron chi connectivity index (χ3n) is 2.17. The molecule has 0 spiro atoms. The lowest BCUT2D eigenvalue weighted by atomic mass is 10.2. The number of hydrogen-bond donors (Lipinski definition) is 0. The number of aromatic nitrogens is 2. The van der Waals surface area contributed by atoms with Gasteiger partial charge in [-0.3, -0.25) is 4.57 Å². The van der Waals surface area contributed by atoms with Crippen molar-refractivity contribution in [2.24, 2.45) is 0 Å². The maximum absolute atomic E-state index is 13.3. The summed E-state index contributed by atoms with van der Waals surface area (Å²) in [6.07, 6.45) is 2.76. The highest BCUT2D eigenvalue weighted by Gasteiger charge is 2.09. The smallest absolute Gasteiger partial charge is 0.295 e. The third kappa shape index (κ3) is 1.98. The van der Waals surface area contributed by atoms with Gasteiger partial charge in [0, 0.05) is 18.0 Å². The molecule has 0 unspecified atom stereocenters. The molecule has 0 saturated carbocycles. The van der Waals surface area contributed by atoms with Crippen LogP contribution in [-0.4, -0.2) is 9.55 Å². The molecule has 2 aromatic rings. The molecule has 0 bridgehead atoms. The zero-order chi connectivity index (χ0) is 11.5. The van der Waals surface area contributed by atoms with E-state index >= 15 is 0 Å². The zero-order valence-electron chi connectivity index (χ0n) is 8.23. The topological polar surface area (TPSA) is 34.9 Å². The standard InChI is InChI=1S/C11H8F2N2O/c12-9-3-1-4-10(13)8(9)7-15-6-2-5-14-11(15)16/h1-6H,7H2. The Bertz CT molecular complexity index is 546. The van der Waals surface area contributed by atoms with Crippen molar-refractivity contribution in [3.63, 3.8) is 0 Å². The highest BCUT2D eigenvalue weighted by molar-refractivity contribution is 5.19. The average Bonchev–Trinajstić information content (AvgIpc) is 2.26. The normalized spacial score (nSPS) is 10.4. The van der Waals surface area contributed by atoms with Crippen molar-refractivity contribution in [2.45, 2.75) is 6.54 Å². The molecule has 3 nitrogen and oxygen atoms in total. The maximum Gasteiger partial charge on any atom is 0.347 e. The molecule has 0 N–H and O–H groups in total. The second kappa shape index (κ2) is 4.22. The van der Waals surface area contributed by atoms with E-state index in [-0.39, 0.29) is 12.1 Å². The van der Waals surface area contributed by atoms with E-state index in [4.69, 9.17) is 0 Å². The lowest BCUT2D eigenvalue weighted by Gasteiger charge is -2.06. The van der Waals surface area contributed by atoms with Gasteiger partial charge in [0.15, 0.2) is 0 Å². The van der Waals surface area contributed by atoms with Gasteiger partial charge < -0.3 is 0 Å². The Morgan fingerprint density at radius 2 is 1.88 bits per heavy atom. The Kier molecular flexibility index (Phi) is 2.76. The summed E-state index contributed by atoms with van der Waals surface area (Å²) >= 11 is 0. The van der Waals surface area contributed by atoms with Crippen molar-refractivity contribution in [1.29, 1.82) is 0 Å². The predicted octanol–water partition coefficient (Wildman–Crippen LogP) is 1.57. The maximum atomic E-state index is 13.3. The molecule has 0 saturated heterocycles. The van der Waals surface area contributed by atoms with Gasteiger partial charge >= 0.3 is 5.69 Å². The molecule has 1 aromatic heterocycles.